The molecule has 0 fully saturated rings. The SMILES string of the molecule is c1ccc(-c2cc(-c3ccccc3)nc(-c3ccc(-n4c5ccccc5c5c6c(c7ccccc7c54)c4ccccc4c4c6c5ccccc5n4-c4ccc5ccccc5c4)cc3)n2)cc1. The van der Waals surface area contributed by atoms with Crippen LogP contribution in [0.5, 0.6) is 0 Å². The summed E-state index contributed by atoms with van der Waals surface area (Å²) in [6, 6.07) is 83.2. The van der Waals surface area contributed by atoms with Crippen molar-refractivity contribution < 1.29 is 0 Å². The van der Waals surface area contributed by atoms with Crippen molar-refractivity contribution >= 4 is 86.7 Å². The minimum Gasteiger partial charge on any atom is -0.309 e. The van der Waals surface area contributed by atoms with Crippen LogP contribution >= 0.6 is 0 Å². The van der Waals surface area contributed by atoms with E-state index in [4.69, 9.17) is 9.97 Å². The van der Waals surface area contributed by atoms with Crippen LogP contribution in [0.25, 0.3) is 132 Å². The second-order valence-corrected chi connectivity index (χ2v) is 17.3. The molecule has 0 amide bonds. The standard InChI is InChI=1S/C62H38N4/c1-3-18-40(19-4-1)52-38-53(41-20-5-2-6-21-41)64-62(63-52)42-32-34-44(35-33-42)65-54-29-15-13-27-50(54)57-59-56(46-23-9-11-25-48(46)60(57)65)47-24-10-12-26-49(47)61-58(59)51-28-14-16-30-55(51)66(61)45-36-31-39-17-7-8-22-43(39)37-45/h1-38H. The zero-order valence-corrected chi connectivity index (χ0v) is 35.7. The Hall–Kier alpha value is -8.86. The van der Waals surface area contributed by atoms with Gasteiger partial charge in [-0.1, -0.05) is 176 Å². The van der Waals surface area contributed by atoms with Gasteiger partial charge in [-0.15, -0.1) is 0 Å². The van der Waals surface area contributed by atoms with E-state index in [1.165, 1.54) is 81.2 Å². The van der Waals surface area contributed by atoms with Gasteiger partial charge >= 0.3 is 0 Å². The van der Waals surface area contributed by atoms with Crippen LogP contribution in [0.2, 0.25) is 0 Å². The molecule has 0 aliphatic carbocycles. The summed E-state index contributed by atoms with van der Waals surface area (Å²) in [5, 5.41) is 14.9. The molecule has 11 aromatic carbocycles. The van der Waals surface area contributed by atoms with E-state index < -0.39 is 0 Å². The second kappa shape index (κ2) is 14.3. The van der Waals surface area contributed by atoms with Gasteiger partial charge in [-0.05, 0) is 81.5 Å². The minimum atomic E-state index is 0.692. The molecular formula is C62H38N4. The number of fused-ring (bicyclic) bond motifs is 16. The van der Waals surface area contributed by atoms with Crippen LogP contribution in [0, 0.1) is 0 Å². The zero-order valence-electron chi connectivity index (χ0n) is 35.7. The lowest BCUT2D eigenvalue weighted by molar-refractivity contribution is 1.17. The third kappa shape index (κ3) is 5.39. The highest BCUT2D eigenvalue weighted by Crippen LogP contribution is 2.50. The molecule has 3 aromatic heterocycles. The summed E-state index contributed by atoms with van der Waals surface area (Å²) in [4.78, 5) is 10.3. The molecule has 0 radical (unpaired) electrons. The summed E-state index contributed by atoms with van der Waals surface area (Å²) in [7, 11) is 0. The smallest absolute Gasteiger partial charge is 0.160 e. The summed E-state index contributed by atoms with van der Waals surface area (Å²) in [6.45, 7) is 0. The molecule has 306 valence electrons. The largest absolute Gasteiger partial charge is 0.309 e. The zero-order chi connectivity index (χ0) is 43.3. The molecule has 0 unspecified atom stereocenters. The van der Waals surface area contributed by atoms with Crippen molar-refractivity contribution in [1.29, 1.82) is 0 Å². The second-order valence-electron chi connectivity index (χ2n) is 17.3. The van der Waals surface area contributed by atoms with Gasteiger partial charge in [0.2, 0.25) is 0 Å². The van der Waals surface area contributed by atoms with Crippen LogP contribution < -0.4 is 0 Å². The summed E-state index contributed by atoms with van der Waals surface area (Å²) in [5.74, 6) is 0.692. The number of rotatable bonds is 5. The van der Waals surface area contributed by atoms with E-state index in [2.05, 4.69) is 228 Å². The molecule has 0 N–H and O–H groups in total. The van der Waals surface area contributed by atoms with Crippen LogP contribution in [-0.2, 0) is 0 Å². The molecule has 4 nitrogen and oxygen atoms in total. The number of benzene rings is 11. The maximum Gasteiger partial charge on any atom is 0.160 e. The van der Waals surface area contributed by atoms with E-state index in [-0.39, 0.29) is 0 Å². The van der Waals surface area contributed by atoms with Crippen molar-refractivity contribution in [1.82, 2.24) is 19.1 Å². The molecule has 0 saturated heterocycles. The molecule has 14 aromatic rings. The van der Waals surface area contributed by atoms with Gasteiger partial charge in [0.1, 0.15) is 0 Å². The fourth-order valence-corrected chi connectivity index (χ4v) is 10.8. The molecule has 0 spiro atoms. The maximum absolute atomic E-state index is 5.16. The quantitative estimate of drug-likeness (QED) is 0.162. The average Bonchev–Trinajstić information content (AvgIpc) is 3.93. The van der Waals surface area contributed by atoms with Gasteiger partial charge in [0.05, 0.1) is 33.5 Å². The topological polar surface area (TPSA) is 35.6 Å². The Balaban J connectivity index is 1.08. The van der Waals surface area contributed by atoms with Gasteiger partial charge in [-0.2, -0.15) is 0 Å². The van der Waals surface area contributed by atoms with E-state index in [0.717, 1.165) is 45.0 Å². The predicted octanol–water partition coefficient (Wildman–Crippen LogP) is 16.3. The molecule has 0 aliphatic heterocycles. The first-order valence-corrected chi connectivity index (χ1v) is 22.6. The van der Waals surface area contributed by atoms with Gasteiger partial charge in [0.15, 0.2) is 5.82 Å². The van der Waals surface area contributed by atoms with E-state index in [1.54, 1.807) is 0 Å². The highest BCUT2D eigenvalue weighted by atomic mass is 15.0. The molecule has 66 heavy (non-hydrogen) atoms. The highest BCUT2D eigenvalue weighted by Gasteiger charge is 2.26. The maximum atomic E-state index is 5.16. The van der Waals surface area contributed by atoms with Crippen LogP contribution in [0.15, 0.2) is 231 Å². The Labute approximate surface area is 379 Å². The third-order valence-corrected chi connectivity index (χ3v) is 13.6. The lowest BCUT2D eigenvalue weighted by atomic mass is 9.89. The van der Waals surface area contributed by atoms with Gasteiger partial charge in [-0.25, -0.2) is 9.97 Å². The molecule has 0 saturated carbocycles. The number of nitrogens with zero attached hydrogens (tertiary/aromatic N) is 4. The highest BCUT2D eigenvalue weighted by molar-refractivity contribution is 6.45. The lowest BCUT2D eigenvalue weighted by Gasteiger charge is -2.17. The van der Waals surface area contributed by atoms with Crippen molar-refractivity contribution in [3.63, 3.8) is 0 Å². The first kappa shape index (κ1) is 36.6. The van der Waals surface area contributed by atoms with Crippen molar-refractivity contribution in [3.05, 3.63) is 231 Å². The Morgan fingerprint density at radius 2 is 0.712 bits per heavy atom. The van der Waals surface area contributed by atoms with Gasteiger partial charge in [0.25, 0.3) is 0 Å². The molecular weight excluding hydrogens is 801 g/mol. The molecule has 14 rings (SSSR count). The van der Waals surface area contributed by atoms with E-state index in [1.807, 2.05) is 12.1 Å². The van der Waals surface area contributed by atoms with Crippen molar-refractivity contribution in [3.8, 4) is 45.3 Å². The van der Waals surface area contributed by atoms with Crippen LogP contribution in [0.3, 0.4) is 0 Å². The normalized spacial score (nSPS) is 11.9. The van der Waals surface area contributed by atoms with Crippen LogP contribution in [-0.4, -0.2) is 19.1 Å². The van der Waals surface area contributed by atoms with Gasteiger partial charge in [0, 0.05) is 65.8 Å². The predicted molar refractivity (Wildman–Crippen MR) is 277 cm³/mol. The summed E-state index contributed by atoms with van der Waals surface area (Å²) < 4.78 is 4.99. The van der Waals surface area contributed by atoms with Crippen molar-refractivity contribution in [2.45, 2.75) is 0 Å². The summed E-state index contributed by atoms with van der Waals surface area (Å²) in [5.41, 5.74) is 11.9. The fraction of sp³-hybridized carbons (Fsp3) is 0. The Kier molecular flexibility index (Phi) is 7.95. The molecule has 4 heteroatoms. The Morgan fingerprint density at radius 3 is 1.27 bits per heavy atom. The number of hydrogen-bond acceptors (Lipinski definition) is 2. The van der Waals surface area contributed by atoms with E-state index >= 15 is 0 Å². The monoisotopic (exact) mass is 838 g/mol. The Bertz CT molecular complexity index is 4200. The number of aromatic nitrogens is 4. The van der Waals surface area contributed by atoms with Crippen molar-refractivity contribution in [2.24, 2.45) is 0 Å². The first-order valence-electron chi connectivity index (χ1n) is 22.6. The lowest BCUT2D eigenvalue weighted by Crippen LogP contribution is -1.98. The number of hydrogen-bond donors (Lipinski definition) is 0. The number of para-hydroxylation sites is 2. The Morgan fingerprint density at radius 1 is 0.273 bits per heavy atom. The molecule has 0 aliphatic rings. The van der Waals surface area contributed by atoms with Crippen LogP contribution in [0.4, 0.5) is 0 Å². The average molecular weight is 839 g/mol. The minimum absolute atomic E-state index is 0.692. The van der Waals surface area contributed by atoms with Crippen molar-refractivity contribution in [2.75, 3.05) is 0 Å². The first-order chi connectivity index (χ1) is 32.8. The van der Waals surface area contributed by atoms with Crippen LogP contribution in [0.1, 0.15) is 0 Å². The summed E-state index contributed by atoms with van der Waals surface area (Å²) >= 11 is 0. The molecule has 0 atom stereocenters. The van der Waals surface area contributed by atoms with E-state index in [0.29, 0.717) is 5.82 Å². The fourth-order valence-electron chi connectivity index (χ4n) is 10.8. The molecule has 0 bridgehead atoms. The van der Waals surface area contributed by atoms with E-state index in [9.17, 15) is 0 Å². The molecule has 3 heterocycles. The third-order valence-electron chi connectivity index (χ3n) is 13.6. The van der Waals surface area contributed by atoms with Gasteiger partial charge in [-0.3, -0.25) is 0 Å². The van der Waals surface area contributed by atoms with Gasteiger partial charge < -0.3 is 9.13 Å². The summed E-state index contributed by atoms with van der Waals surface area (Å²) in [6.07, 6.45) is 0.